The summed E-state index contributed by atoms with van der Waals surface area (Å²) in [6.45, 7) is 2.69. The number of nitrogens with two attached hydrogens (primary N) is 1. The maximum atomic E-state index is 9.30. The molecule has 4 nitrogen and oxygen atoms in total. The van der Waals surface area contributed by atoms with Gasteiger partial charge in [-0.05, 0) is 18.9 Å². The van der Waals surface area contributed by atoms with E-state index in [0.29, 0.717) is 12.1 Å². The van der Waals surface area contributed by atoms with Crippen molar-refractivity contribution >= 4 is 17.4 Å². The van der Waals surface area contributed by atoms with E-state index in [1.807, 2.05) is 6.07 Å². The number of anilines is 1. The Morgan fingerprint density at radius 3 is 2.88 bits per heavy atom. The molecule has 0 aliphatic carbocycles. The molecule has 90 valence electrons. The summed E-state index contributed by atoms with van der Waals surface area (Å²) in [4.78, 5) is 6.55. The average Bonchev–Trinajstić information content (AvgIpc) is 2.89. The Hall–Kier alpha value is -1.25. The predicted molar refractivity (Wildman–Crippen MR) is 70.2 cm³/mol. The molecule has 0 bridgehead atoms. The SMILES string of the molecule is N#Cc1c(N2CCCC2)ccnc1SCCN. The molecule has 2 N–H and O–H groups in total. The number of hydrogen-bond donors (Lipinski definition) is 1. The number of rotatable bonds is 4. The van der Waals surface area contributed by atoms with Crippen molar-refractivity contribution in [3.8, 4) is 6.07 Å². The second kappa shape index (κ2) is 5.89. The number of pyridine rings is 1. The van der Waals surface area contributed by atoms with Crippen molar-refractivity contribution in [3.63, 3.8) is 0 Å². The highest BCUT2D eigenvalue weighted by Crippen LogP contribution is 2.29. The summed E-state index contributed by atoms with van der Waals surface area (Å²) in [5, 5.41) is 10.1. The summed E-state index contributed by atoms with van der Waals surface area (Å²) in [5.41, 5.74) is 7.22. The van der Waals surface area contributed by atoms with Gasteiger partial charge in [-0.3, -0.25) is 0 Å². The highest BCUT2D eigenvalue weighted by Gasteiger charge is 2.18. The normalized spacial score (nSPS) is 14.9. The van der Waals surface area contributed by atoms with Crippen LogP contribution in [0.15, 0.2) is 17.3 Å². The molecule has 5 heteroatoms. The van der Waals surface area contributed by atoms with Crippen molar-refractivity contribution in [2.45, 2.75) is 17.9 Å². The molecule has 0 unspecified atom stereocenters. The Bertz CT molecular complexity index is 421. The number of thioether (sulfide) groups is 1. The van der Waals surface area contributed by atoms with Gasteiger partial charge in [-0.25, -0.2) is 4.98 Å². The van der Waals surface area contributed by atoms with Crippen LogP contribution in [-0.2, 0) is 0 Å². The van der Waals surface area contributed by atoms with Crippen LogP contribution in [0, 0.1) is 11.3 Å². The molecule has 0 atom stereocenters. The van der Waals surface area contributed by atoms with Crippen LogP contribution in [0.25, 0.3) is 0 Å². The Labute approximate surface area is 106 Å². The van der Waals surface area contributed by atoms with Gasteiger partial charge in [0.25, 0.3) is 0 Å². The van der Waals surface area contributed by atoms with Gasteiger partial charge in [-0.1, -0.05) is 0 Å². The molecule has 0 radical (unpaired) electrons. The van der Waals surface area contributed by atoms with Crippen LogP contribution in [0.2, 0.25) is 0 Å². The zero-order valence-corrected chi connectivity index (χ0v) is 10.5. The third kappa shape index (κ3) is 2.71. The van der Waals surface area contributed by atoms with E-state index in [1.54, 1.807) is 18.0 Å². The third-order valence-corrected chi connectivity index (χ3v) is 3.83. The van der Waals surface area contributed by atoms with Crippen LogP contribution < -0.4 is 10.6 Å². The quantitative estimate of drug-likeness (QED) is 0.820. The van der Waals surface area contributed by atoms with Crippen molar-refractivity contribution < 1.29 is 0 Å². The van der Waals surface area contributed by atoms with E-state index >= 15 is 0 Å². The fraction of sp³-hybridized carbons (Fsp3) is 0.500. The van der Waals surface area contributed by atoms with Gasteiger partial charge >= 0.3 is 0 Å². The Kier molecular flexibility index (Phi) is 4.24. The molecule has 17 heavy (non-hydrogen) atoms. The van der Waals surface area contributed by atoms with Gasteiger partial charge < -0.3 is 10.6 Å². The molecule has 0 aromatic carbocycles. The fourth-order valence-corrected chi connectivity index (χ4v) is 2.77. The topological polar surface area (TPSA) is 65.9 Å². The molecule has 0 spiro atoms. The molecule has 1 saturated heterocycles. The van der Waals surface area contributed by atoms with Gasteiger partial charge in [0.2, 0.25) is 0 Å². The number of nitrogens with zero attached hydrogens (tertiary/aromatic N) is 3. The van der Waals surface area contributed by atoms with Gasteiger partial charge in [0, 0.05) is 31.6 Å². The molecule has 0 amide bonds. The van der Waals surface area contributed by atoms with Crippen molar-refractivity contribution in [2.24, 2.45) is 5.73 Å². The summed E-state index contributed by atoms with van der Waals surface area (Å²) in [5.74, 6) is 0.797. The lowest BCUT2D eigenvalue weighted by Crippen LogP contribution is -2.19. The van der Waals surface area contributed by atoms with Crippen molar-refractivity contribution in [3.05, 3.63) is 17.8 Å². The van der Waals surface area contributed by atoms with Crippen LogP contribution in [0.3, 0.4) is 0 Å². The third-order valence-electron chi connectivity index (χ3n) is 2.81. The maximum Gasteiger partial charge on any atom is 0.116 e. The van der Waals surface area contributed by atoms with Crippen molar-refractivity contribution in [2.75, 3.05) is 30.3 Å². The summed E-state index contributed by atoms with van der Waals surface area (Å²) in [6, 6.07) is 4.23. The Morgan fingerprint density at radius 1 is 1.47 bits per heavy atom. The second-order valence-electron chi connectivity index (χ2n) is 3.95. The van der Waals surface area contributed by atoms with E-state index in [0.717, 1.165) is 29.6 Å². The Morgan fingerprint density at radius 2 is 2.24 bits per heavy atom. The van der Waals surface area contributed by atoms with Crippen molar-refractivity contribution in [1.82, 2.24) is 4.98 Å². The first-order valence-electron chi connectivity index (χ1n) is 5.83. The highest BCUT2D eigenvalue weighted by molar-refractivity contribution is 7.99. The minimum absolute atomic E-state index is 0.602. The number of hydrogen-bond acceptors (Lipinski definition) is 5. The first-order chi connectivity index (χ1) is 8.36. The van der Waals surface area contributed by atoms with Gasteiger partial charge in [0.05, 0.1) is 5.69 Å². The Balaban J connectivity index is 2.28. The summed E-state index contributed by atoms with van der Waals surface area (Å²) in [6.07, 6.45) is 4.20. The largest absolute Gasteiger partial charge is 0.370 e. The zero-order chi connectivity index (χ0) is 12.1. The monoisotopic (exact) mass is 248 g/mol. The lowest BCUT2D eigenvalue weighted by molar-refractivity contribution is 0.948. The smallest absolute Gasteiger partial charge is 0.116 e. The molecular weight excluding hydrogens is 232 g/mol. The highest BCUT2D eigenvalue weighted by atomic mass is 32.2. The first-order valence-corrected chi connectivity index (χ1v) is 6.82. The van der Waals surface area contributed by atoms with E-state index in [2.05, 4.69) is 16.0 Å². The van der Waals surface area contributed by atoms with Crippen LogP contribution in [-0.4, -0.2) is 30.4 Å². The summed E-state index contributed by atoms with van der Waals surface area (Å²) < 4.78 is 0. The molecule has 1 fully saturated rings. The van der Waals surface area contributed by atoms with E-state index in [-0.39, 0.29) is 0 Å². The summed E-state index contributed by atoms with van der Waals surface area (Å²) >= 11 is 1.56. The minimum Gasteiger partial charge on any atom is -0.370 e. The van der Waals surface area contributed by atoms with Crippen LogP contribution in [0.5, 0.6) is 0 Å². The van der Waals surface area contributed by atoms with Crippen LogP contribution in [0.1, 0.15) is 18.4 Å². The minimum atomic E-state index is 0.602. The fourth-order valence-electron chi connectivity index (χ4n) is 2.02. The lowest BCUT2D eigenvalue weighted by Gasteiger charge is -2.19. The van der Waals surface area contributed by atoms with Gasteiger partial charge in [0.15, 0.2) is 0 Å². The van der Waals surface area contributed by atoms with E-state index < -0.39 is 0 Å². The second-order valence-corrected chi connectivity index (χ2v) is 5.04. The zero-order valence-electron chi connectivity index (χ0n) is 9.72. The molecule has 1 aliphatic rings. The molecule has 1 aliphatic heterocycles. The predicted octanol–water partition coefficient (Wildman–Crippen LogP) is 1.60. The number of nitriles is 1. The van der Waals surface area contributed by atoms with E-state index in [9.17, 15) is 5.26 Å². The molecular formula is C12H16N4S. The summed E-state index contributed by atoms with van der Waals surface area (Å²) in [7, 11) is 0. The number of aromatic nitrogens is 1. The standard InChI is InChI=1S/C12H16N4S/c13-4-8-17-12-10(9-14)11(3-5-15-12)16-6-1-2-7-16/h3,5H,1-2,4,6-8,13H2. The molecule has 2 heterocycles. The van der Waals surface area contributed by atoms with Gasteiger partial charge in [0.1, 0.15) is 16.7 Å². The van der Waals surface area contributed by atoms with Crippen LogP contribution in [0.4, 0.5) is 5.69 Å². The first kappa shape index (κ1) is 12.2. The van der Waals surface area contributed by atoms with Gasteiger partial charge in [-0.2, -0.15) is 5.26 Å². The van der Waals surface area contributed by atoms with E-state index in [1.165, 1.54) is 12.8 Å². The molecule has 1 aromatic rings. The molecule has 0 saturated carbocycles. The molecule has 1 aromatic heterocycles. The maximum absolute atomic E-state index is 9.30. The van der Waals surface area contributed by atoms with Crippen LogP contribution >= 0.6 is 11.8 Å². The van der Waals surface area contributed by atoms with E-state index in [4.69, 9.17) is 5.73 Å². The lowest BCUT2D eigenvalue weighted by atomic mass is 10.2. The van der Waals surface area contributed by atoms with Crippen molar-refractivity contribution in [1.29, 1.82) is 5.26 Å². The molecule has 2 rings (SSSR count). The average molecular weight is 248 g/mol. The van der Waals surface area contributed by atoms with Gasteiger partial charge in [-0.15, -0.1) is 11.8 Å².